The molecule has 0 aliphatic rings. The van der Waals surface area contributed by atoms with Crippen LogP contribution in [0.15, 0.2) is 24.3 Å². The minimum atomic E-state index is 0.176. The lowest BCUT2D eigenvalue weighted by Crippen LogP contribution is -2.19. The fourth-order valence-corrected chi connectivity index (χ4v) is 1.41. The van der Waals surface area contributed by atoms with Gasteiger partial charge in [-0.05, 0) is 11.1 Å². The Morgan fingerprint density at radius 3 is 1.88 bits per heavy atom. The first-order valence-corrected chi connectivity index (χ1v) is 5.61. The van der Waals surface area contributed by atoms with E-state index >= 15 is 0 Å². The number of rotatable bonds is 8. The summed E-state index contributed by atoms with van der Waals surface area (Å²) in [5, 5.41) is 6.32. The molecule has 3 N–H and O–H groups in total. The second kappa shape index (κ2) is 8.24. The van der Waals surface area contributed by atoms with Crippen LogP contribution in [-0.2, 0) is 13.1 Å². The minimum absolute atomic E-state index is 0.176. The van der Waals surface area contributed by atoms with Crippen molar-refractivity contribution in [1.29, 1.82) is 0 Å². The molecule has 1 rings (SSSR count). The zero-order chi connectivity index (χ0) is 11.6. The predicted molar refractivity (Wildman–Crippen MR) is 64.8 cm³/mol. The molecule has 0 heterocycles. The van der Waals surface area contributed by atoms with Crippen LogP contribution in [0.5, 0.6) is 0 Å². The highest BCUT2D eigenvalue weighted by molar-refractivity contribution is 5.22. The van der Waals surface area contributed by atoms with Crippen molar-refractivity contribution >= 4 is 0 Å². The Morgan fingerprint density at radius 1 is 0.938 bits per heavy atom. The fraction of sp³-hybridized carbons (Fsp3) is 0.500. The molecule has 4 nitrogen and oxygen atoms in total. The van der Waals surface area contributed by atoms with Gasteiger partial charge in [0.2, 0.25) is 0 Å². The summed E-state index contributed by atoms with van der Waals surface area (Å²) in [6.07, 6.45) is 0. The largest absolute Gasteiger partial charge is 0.311 e. The predicted octanol–water partition coefficient (Wildman–Crippen LogP) is 0.217. The molecule has 16 heavy (non-hydrogen) atoms. The molecule has 0 aliphatic carbocycles. The second-order valence-electron chi connectivity index (χ2n) is 3.64. The Kier molecular flexibility index (Phi) is 6.76. The van der Waals surface area contributed by atoms with Crippen LogP contribution in [0.3, 0.4) is 0 Å². The quantitative estimate of drug-likeness (QED) is 0.614. The maximum Gasteiger partial charge on any atom is 0.0446 e. The zero-order valence-corrected chi connectivity index (χ0v) is 9.50. The van der Waals surface area contributed by atoms with Crippen LogP contribution in [-0.4, -0.2) is 26.2 Å². The Labute approximate surface area is 97.4 Å². The fourth-order valence-electron chi connectivity index (χ4n) is 1.41. The molecule has 0 bridgehead atoms. The third-order valence-corrected chi connectivity index (χ3v) is 2.27. The van der Waals surface area contributed by atoms with Crippen molar-refractivity contribution < 1.29 is 0 Å². The molecular formula is C12H19N4. The lowest BCUT2D eigenvalue weighted by Gasteiger charge is -2.06. The smallest absolute Gasteiger partial charge is 0.0446 e. The molecule has 0 aliphatic heterocycles. The molecule has 0 saturated carbocycles. The van der Waals surface area contributed by atoms with E-state index < -0.39 is 0 Å². The van der Waals surface area contributed by atoms with Crippen LogP contribution >= 0.6 is 0 Å². The Morgan fingerprint density at radius 2 is 1.44 bits per heavy atom. The van der Waals surface area contributed by atoms with Crippen molar-refractivity contribution in [2.45, 2.75) is 13.1 Å². The number of nitrogens with one attached hydrogen (secondary N) is 3. The maximum absolute atomic E-state index is 8.62. The van der Waals surface area contributed by atoms with E-state index in [1.165, 1.54) is 11.1 Å². The highest BCUT2D eigenvalue weighted by Crippen LogP contribution is 2.03. The van der Waals surface area contributed by atoms with Crippen LogP contribution in [0.25, 0.3) is 0 Å². The molecule has 1 aromatic rings. The van der Waals surface area contributed by atoms with E-state index in [1.807, 2.05) is 0 Å². The van der Waals surface area contributed by atoms with Gasteiger partial charge in [0.15, 0.2) is 0 Å². The topological polar surface area (TPSA) is 70.2 Å². The molecule has 0 amide bonds. The summed E-state index contributed by atoms with van der Waals surface area (Å²) < 4.78 is 0. The first kappa shape index (κ1) is 13.1. The van der Waals surface area contributed by atoms with Crippen molar-refractivity contribution in [3.63, 3.8) is 0 Å². The molecule has 87 valence electrons. The number of nitrogens with zero attached hydrogens (tertiary/aromatic N) is 1. The number of hydrogen-bond donors (Lipinski definition) is 2. The molecular weight excluding hydrogens is 200 g/mol. The van der Waals surface area contributed by atoms with Crippen molar-refractivity contribution in [1.82, 2.24) is 22.1 Å². The van der Waals surface area contributed by atoms with E-state index in [0.29, 0.717) is 13.1 Å². The third kappa shape index (κ3) is 5.23. The van der Waals surface area contributed by atoms with E-state index in [1.54, 1.807) is 0 Å². The Balaban J connectivity index is 2.30. The highest BCUT2D eigenvalue weighted by atomic mass is 14.9. The zero-order valence-electron chi connectivity index (χ0n) is 9.50. The normalized spacial score (nSPS) is 10.6. The number of benzene rings is 1. The molecule has 0 spiro atoms. The molecule has 0 unspecified atom stereocenters. The monoisotopic (exact) mass is 219 g/mol. The molecule has 3 radical (unpaired) electrons. The molecule has 0 saturated heterocycles. The summed E-state index contributed by atoms with van der Waals surface area (Å²) >= 11 is 0. The lowest BCUT2D eigenvalue weighted by atomic mass is 10.1. The third-order valence-electron chi connectivity index (χ3n) is 2.27. The summed E-state index contributed by atoms with van der Waals surface area (Å²) in [5.41, 5.74) is 18.1. The van der Waals surface area contributed by atoms with Crippen molar-refractivity contribution in [2.24, 2.45) is 0 Å². The van der Waals surface area contributed by atoms with Gasteiger partial charge in [-0.3, -0.25) is 5.73 Å². The Bertz CT molecular complexity index is 242. The summed E-state index contributed by atoms with van der Waals surface area (Å²) in [6.45, 7) is 3.58. The standard InChI is InChI=1S/C12H19N4/c13-5-7-15-9-11-1-2-12(4-3-11)10-16-8-6-14/h1-4,13,15-16H,5-10H2. The van der Waals surface area contributed by atoms with Gasteiger partial charge in [-0.2, -0.15) is 0 Å². The van der Waals surface area contributed by atoms with Gasteiger partial charge in [0, 0.05) is 39.3 Å². The van der Waals surface area contributed by atoms with Crippen molar-refractivity contribution in [3.8, 4) is 0 Å². The van der Waals surface area contributed by atoms with Crippen molar-refractivity contribution in [3.05, 3.63) is 35.4 Å². The molecule has 0 fully saturated rings. The summed E-state index contributed by atoms with van der Waals surface area (Å²) in [5.74, 6) is 0. The van der Waals surface area contributed by atoms with Crippen LogP contribution in [0.4, 0.5) is 0 Å². The lowest BCUT2D eigenvalue weighted by molar-refractivity contribution is 0.682. The van der Waals surface area contributed by atoms with E-state index in [4.69, 9.17) is 11.5 Å². The van der Waals surface area contributed by atoms with Gasteiger partial charge in [0.1, 0.15) is 0 Å². The second-order valence-corrected chi connectivity index (χ2v) is 3.64. The summed E-state index contributed by atoms with van der Waals surface area (Å²) in [6, 6.07) is 8.35. The average molecular weight is 219 g/mol. The molecule has 4 heteroatoms. The SMILES string of the molecule is [N]CCNCc1ccc(CNCC[NH])cc1. The van der Waals surface area contributed by atoms with Crippen LogP contribution in [0.1, 0.15) is 11.1 Å². The average Bonchev–Trinajstić information content (AvgIpc) is 2.32. The van der Waals surface area contributed by atoms with Gasteiger partial charge in [-0.25, -0.2) is 0 Å². The van der Waals surface area contributed by atoms with Gasteiger partial charge in [0.05, 0.1) is 0 Å². The Hall–Kier alpha value is -0.940. The minimum Gasteiger partial charge on any atom is -0.311 e. The maximum atomic E-state index is 8.62. The molecule has 0 atom stereocenters. The van der Waals surface area contributed by atoms with Gasteiger partial charge < -0.3 is 10.6 Å². The summed E-state index contributed by atoms with van der Waals surface area (Å²) in [7, 11) is 0. The molecule has 1 aromatic carbocycles. The van der Waals surface area contributed by atoms with E-state index in [9.17, 15) is 0 Å². The van der Waals surface area contributed by atoms with E-state index in [2.05, 4.69) is 34.9 Å². The first-order valence-electron chi connectivity index (χ1n) is 5.61. The van der Waals surface area contributed by atoms with Crippen LogP contribution in [0.2, 0.25) is 0 Å². The van der Waals surface area contributed by atoms with Crippen LogP contribution in [0, 0.1) is 0 Å². The van der Waals surface area contributed by atoms with Crippen molar-refractivity contribution in [2.75, 3.05) is 26.2 Å². The number of hydrogen-bond acceptors (Lipinski definition) is 2. The van der Waals surface area contributed by atoms with E-state index in [-0.39, 0.29) is 6.54 Å². The van der Waals surface area contributed by atoms with Gasteiger partial charge in [-0.15, -0.1) is 5.73 Å². The van der Waals surface area contributed by atoms with Crippen LogP contribution < -0.4 is 22.1 Å². The highest BCUT2D eigenvalue weighted by Gasteiger charge is 1.94. The molecule has 0 aromatic heterocycles. The van der Waals surface area contributed by atoms with Gasteiger partial charge >= 0.3 is 0 Å². The van der Waals surface area contributed by atoms with E-state index in [0.717, 1.165) is 19.6 Å². The van der Waals surface area contributed by atoms with Gasteiger partial charge in [0.25, 0.3) is 0 Å². The first-order chi connectivity index (χ1) is 7.86. The summed E-state index contributed by atoms with van der Waals surface area (Å²) in [4.78, 5) is 0. The van der Waals surface area contributed by atoms with Gasteiger partial charge in [-0.1, -0.05) is 24.3 Å².